The molecule has 15 N–H and O–H groups in total. The molecule has 26 nitrogen and oxygen atoms in total. The van der Waals surface area contributed by atoms with Crippen LogP contribution in [0.2, 0.25) is 0 Å². The molecular formula is C41H73NO25. The Labute approximate surface area is 387 Å². The van der Waals surface area contributed by atoms with Crippen molar-refractivity contribution in [2.24, 2.45) is 5.41 Å². The van der Waals surface area contributed by atoms with E-state index in [2.05, 4.69) is 11.9 Å². The molecular weight excluding hydrogens is 906 g/mol. The predicted molar refractivity (Wildman–Crippen MR) is 220 cm³/mol. The van der Waals surface area contributed by atoms with Gasteiger partial charge in [0.1, 0.15) is 91.5 Å². The average Bonchev–Trinajstić information content (AvgIpc) is 3.27. The number of amides is 1. The molecule has 0 aliphatic carbocycles. The highest BCUT2D eigenvalue weighted by Crippen LogP contribution is 2.37. The van der Waals surface area contributed by atoms with Gasteiger partial charge in [-0.05, 0) is 39.5 Å². The molecule has 1 amide bonds. The van der Waals surface area contributed by atoms with E-state index in [1.165, 1.54) is 13.8 Å². The largest absolute Gasteiger partial charge is 0.394 e. The van der Waals surface area contributed by atoms with Crippen molar-refractivity contribution in [1.82, 2.24) is 5.32 Å². The fraction of sp³-hybridized carbons (Fsp3) is 0.927. The monoisotopic (exact) mass is 979 g/mol. The Bertz CT molecular complexity index is 1530. The van der Waals surface area contributed by atoms with Gasteiger partial charge in [-0.25, -0.2) is 0 Å². The zero-order chi connectivity index (χ0) is 50.5. The lowest BCUT2D eigenvalue weighted by Crippen LogP contribution is -2.69. The molecule has 0 saturated carbocycles. The van der Waals surface area contributed by atoms with E-state index in [9.17, 15) is 76.3 Å². The Balaban J connectivity index is 1.61. The molecule has 26 heteroatoms. The smallest absolute Gasteiger partial charge is 0.217 e. The summed E-state index contributed by atoms with van der Waals surface area (Å²) in [4.78, 5) is 12.7. The first-order valence-electron chi connectivity index (χ1n) is 22.0. The molecule has 4 saturated heterocycles. The Morgan fingerprint density at radius 3 is 1.78 bits per heavy atom. The van der Waals surface area contributed by atoms with Gasteiger partial charge in [-0.1, -0.05) is 19.9 Å². The number of allylic oxidation sites excluding steroid dienone is 1. The fourth-order valence-corrected chi connectivity index (χ4v) is 8.30. The molecule has 392 valence electrons. The molecule has 4 rings (SSSR count). The van der Waals surface area contributed by atoms with Crippen LogP contribution in [0.4, 0.5) is 0 Å². The third-order valence-electron chi connectivity index (χ3n) is 11.9. The minimum atomic E-state index is -2.50. The van der Waals surface area contributed by atoms with E-state index in [1.807, 2.05) is 13.8 Å². The molecule has 0 bridgehead atoms. The van der Waals surface area contributed by atoms with Crippen LogP contribution in [0.1, 0.15) is 54.9 Å². The minimum Gasteiger partial charge on any atom is -0.394 e. The quantitative estimate of drug-likeness (QED) is 0.0354. The molecule has 4 fully saturated rings. The first kappa shape index (κ1) is 57.8. The topological polar surface area (TPSA) is 405 Å². The van der Waals surface area contributed by atoms with Crippen LogP contribution in [0, 0.1) is 5.41 Å². The molecule has 0 aromatic rings. The third-order valence-corrected chi connectivity index (χ3v) is 11.9. The second-order valence-corrected chi connectivity index (χ2v) is 18.6. The highest BCUT2D eigenvalue weighted by Gasteiger charge is 2.56. The zero-order valence-corrected chi connectivity index (χ0v) is 38.4. The summed E-state index contributed by atoms with van der Waals surface area (Å²) < 4.78 is 57.7. The second kappa shape index (κ2) is 24.6. The molecule has 4 aliphatic rings. The summed E-state index contributed by atoms with van der Waals surface area (Å²) in [5, 5.41) is 153. The van der Waals surface area contributed by atoms with Gasteiger partial charge in [-0.2, -0.15) is 0 Å². The first-order valence-corrected chi connectivity index (χ1v) is 22.0. The van der Waals surface area contributed by atoms with E-state index in [0.717, 1.165) is 6.92 Å². The Hall–Kier alpha value is -1.75. The maximum Gasteiger partial charge on any atom is 0.217 e. The van der Waals surface area contributed by atoms with E-state index >= 15 is 0 Å². The van der Waals surface area contributed by atoms with Crippen LogP contribution >= 0.6 is 0 Å². The van der Waals surface area contributed by atoms with Crippen LogP contribution in [0.15, 0.2) is 12.7 Å². The van der Waals surface area contributed by atoms with Crippen molar-refractivity contribution in [1.29, 1.82) is 0 Å². The van der Waals surface area contributed by atoms with Gasteiger partial charge in [0.2, 0.25) is 5.91 Å². The highest BCUT2D eigenvalue weighted by molar-refractivity contribution is 5.73. The van der Waals surface area contributed by atoms with Crippen molar-refractivity contribution in [2.45, 2.75) is 208 Å². The number of aliphatic hydroxyl groups excluding tert-OH is 14. The van der Waals surface area contributed by atoms with Gasteiger partial charge in [0.25, 0.3) is 0 Å². The lowest BCUT2D eigenvalue weighted by atomic mass is 9.82. The summed E-state index contributed by atoms with van der Waals surface area (Å²) in [6.45, 7) is 11.3. The maximum atomic E-state index is 12.7. The molecule has 4 aliphatic heterocycles. The summed E-state index contributed by atoms with van der Waals surface area (Å²) in [6.07, 6.45) is -39.5. The number of carbonyl (C=O) groups excluding carboxylic acids is 1. The van der Waals surface area contributed by atoms with Crippen LogP contribution in [-0.2, 0) is 52.2 Å². The van der Waals surface area contributed by atoms with Crippen molar-refractivity contribution in [3.8, 4) is 0 Å². The molecule has 0 aromatic carbocycles. The van der Waals surface area contributed by atoms with E-state index in [4.69, 9.17) is 47.4 Å². The second-order valence-electron chi connectivity index (χ2n) is 18.6. The molecule has 24 atom stereocenters. The van der Waals surface area contributed by atoms with E-state index in [1.54, 1.807) is 19.9 Å². The van der Waals surface area contributed by atoms with Gasteiger partial charge in [0.15, 0.2) is 43.8 Å². The summed E-state index contributed by atoms with van der Waals surface area (Å²) >= 11 is 0. The van der Waals surface area contributed by atoms with Crippen molar-refractivity contribution < 1.29 is 124 Å². The first-order chi connectivity index (χ1) is 31.2. The van der Waals surface area contributed by atoms with Crippen LogP contribution in [-0.4, -0.2) is 257 Å². The van der Waals surface area contributed by atoms with Crippen molar-refractivity contribution in [3.05, 3.63) is 12.7 Å². The molecule has 4 heterocycles. The molecule has 0 radical (unpaired) electrons. The van der Waals surface area contributed by atoms with Gasteiger partial charge in [-0.3, -0.25) is 4.79 Å². The van der Waals surface area contributed by atoms with Gasteiger partial charge in [0, 0.05) is 6.92 Å². The highest BCUT2D eigenvalue weighted by atomic mass is 16.8. The van der Waals surface area contributed by atoms with Gasteiger partial charge in [0.05, 0.1) is 44.2 Å². The Morgan fingerprint density at radius 2 is 1.21 bits per heavy atom. The Morgan fingerprint density at radius 1 is 0.672 bits per heavy atom. The third kappa shape index (κ3) is 14.2. The van der Waals surface area contributed by atoms with E-state index in [0.29, 0.717) is 6.42 Å². The average molecular weight is 980 g/mol. The van der Waals surface area contributed by atoms with Crippen molar-refractivity contribution >= 4 is 5.91 Å². The van der Waals surface area contributed by atoms with Crippen LogP contribution in [0.25, 0.3) is 0 Å². The summed E-state index contributed by atoms with van der Waals surface area (Å²) in [7, 11) is 0. The molecule has 0 spiro atoms. The molecule has 67 heavy (non-hydrogen) atoms. The lowest BCUT2D eigenvalue weighted by molar-refractivity contribution is -0.389. The Kier molecular flexibility index (Phi) is 21.2. The van der Waals surface area contributed by atoms with Crippen molar-refractivity contribution in [3.63, 3.8) is 0 Å². The molecule has 0 aromatic heterocycles. The minimum absolute atomic E-state index is 0.395. The van der Waals surface area contributed by atoms with Gasteiger partial charge >= 0.3 is 0 Å². The van der Waals surface area contributed by atoms with Crippen LogP contribution in [0.5, 0.6) is 0 Å². The predicted octanol–water partition coefficient (Wildman–Crippen LogP) is -6.75. The maximum absolute atomic E-state index is 12.7. The fourth-order valence-electron chi connectivity index (χ4n) is 8.30. The van der Waals surface area contributed by atoms with E-state index in [-0.39, 0.29) is 0 Å². The molecule has 14 unspecified atom stereocenters. The number of carbonyl (C=O) groups is 1. The SMILES string of the molecule is C=CC(C)(C)CC(C)(C)O[C@@H]1OC(CO)[C@H](O[C@H](OC(C)CO)C(O)[C@@H](O)O[C@@H]2OC(CO)[C@H](O)C(O[C@@H]3OC(CO)[C@H](O)C(O)C3O[C@@H]3OC(C)[C@H](O)C(O)C3O)C2NC(C)=O)C(O)C1O. The van der Waals surface area contributed by atoms with Crippen LogP contribution < -0.4 is 5.32 Å². The summed E-state index contributed by atoms with van der Waals surface area (Å²) in [6, 6.07) is -1.76. The lowest BCUT2D eigenvalue weighted by Gasteiger charge is -2.49. The number of rotatable bonds is 22. The normalized spacial score (nSPS) is 41.8. The number of nitrogens with one attached hydrogen (secondary N) is 1. The van der Waals surface area contributed by atoms with Gasteiger partial charge in [-0.15, -0.1) is 6.58 Å². The number of ether oxygens (including phenoxy) is 10. The standard InChI is InChI=1S/C41H73NO25/c1-9-40(5,6)14-41(7,8)67-38-29(55)27(53)31(20(13-46)62-38)63-37(58-15(2)10-43)30(56)34(57)66-35-21(42-17(4)47)32(24(50)19(12-45)60-35)64-39-33(26(52)23(49)18(11-44)61-39)65-36-28(54)25(51)22(48)16(3)59-36/h9,15-16,18-39,43-46,48-57H,1,10-14H2,2-8H3,(H,42,47)/t15?,16?,18?,19?,20?,21?,22-,23-,24-,25?,26?,27?,28?,29?,30?,31-,32?,33?,34-,35-,36-,37-,38-,39-/m0/s1. The number of aliphatic hydroxyl groups is 14. The summed E-state index contributed by atoms with van der Waals surface area (Å²) in [5.41, 5.74) is -1.38. The van der Waals surface area contributed by atoms with E-state index < -0.39 is 191 Å². The zero-order valence-electron chi connectivity index (χ0n) is 38.4. The van der Waals surface area contributed by atoms with Crippen molar-refractivity contribution in [2.75, 3.05) is 26.4 Å². The van der Waals surface area contributed by atoms with Gasteiger partial charge < -0.3 is 124 Å². The van der Waals surface area contributed by atoms with Crippen LogP contribution in [0.3, 0.4) is 0 Å². The number of hydrogen-bond acceptors (Lipinski definition) is 25. The summed E-state index contributed by atoms with van der Waals surface area (Å²) in [5.74, 6) is -0.835. The number of hydrogen-bond donors (Lipinski definition) is 15.